The highest BCUT2D eigenvalue weighted by Crippen LogP contribution is 2.58. The topological polar surface area (TPSA) is 275 Å². The van der Waals surface area contributed by atoms with Crippen molar-refractivity contribution < 1.29 is 85.8 Å². The van der Waals surface area contributed by atoms with Gasteiger partial charge in [-0.2, -0.15) is 0 Å². The highest BCUT2D eigenvalue weighted by Gasteiger charge is 2.47. The highest BCUT2D eigenvalue weighted by molar-refractivity contribution is 6.45. The predicted octanol–water partition coefficient (Wildman–Crippen LogP) is 20.2. The van der Waals surface area contributed by atoms with Gasteiger partial charge in [-0.3, -0.25) is 38.6 Å². The van der Waals surface area contributed by atoms with Gasteiger partial charge in [0.1, 0.15) is 58.1 Å². The minimum atomic E-state index is -1.47. The van der Waals surface area contributed by atoms with Crippen LogP contribution in [-0.2, 0) is 73.4 Å². The number of ether oxygens (including phenoxy) is 8. The molecule has 24 heteroatoms. The first kappa shape index (κ1) is 84.5. The lowest BCUT2D eigenvalue weighted by Crippen LogP contribution is -2.52. The molecule has 2 unspecified atom stereocenters. The number of imide groups is 2. The van der Waals surface area contributed by atoms with Gasteiger partial charge in [0, 0.05) is 112 Å². The molecule has 2 atom stereocenters. The number of carbonyl (C=O) groups excluding carboxylic acids is 10. The maximum atomic E-state index is 16.6. The van der Waals surface area contributed by atoms with E-state index in [1.165, 1.54) is 24.3 Å². The van der Waals surface area contributed by atoms with E-state index in [4.69, 9.17) is 61.1 Å². The first-order valence-corrected chi connectivity index (χ1v) is 39.8. The number of amides is 6. The maximum Gasteiger partial charge on any atom is 0.333 e. The van der Waals surface area contributed by atoms with Crippen LogP contribution < -0.4 is 29.6 Å². The molecule has 11 aromatic rings. The Hall–Kier alpha value is -13.4. The fourth-order valence-electron chi connectivity index (χ4n) is 14.4. The molecule has 120 heavy (non-hydrogen) atoms. The molecule has 22 nitrogen and oxygen atoms in total. The Morgan fingerprint density at radius 3 is 0.767 bits per heavy atom. The van der Waals surface area contributed by atoms with Gasteiger partial charge in [-0.1, -0.05) is 126 Å². The van der Waals surface area contributed by atoms with Crippen LogP contribution in [0.15, 0.2) is 218 Å². The molecule has 0 saturated carbocycles. The number of benzene rings is 11. The van der Waals surface area contributed by atoms with E-state index in [-0.39, 0.29) is 210 Å². The number of esters is 4. The van der Waals surface area contributed by atoms with E-state index in [1.54, 1.807) is 173 Å². The van der Waals surface area contributed by atoms with Crippen molar-refractivity contribution >= 4 is 137 Å². The second-order valence-corrected chi connectivity index (χ2v) is 31.5. The highest BCUT2D eigenvalue weighted by atomic mass is 35.5. The summed E-state index contributed by atoms with van der Waals surface area (Å²) < 4.78 is 51.1. The molecule has 0 aromatic heterocycles. The summed E-state index contributed by atoms with van der Waals surface area (Å²) >= 11 is 12.7. The van der Waals surface area contributed by atoms with Gasteiger partial charge in [0.05, 0.1) is 48.7 Å². The fourth-order valence-corrected chi connectivity index (χ4v) is 14.7. The molecule has 2 aliphatic heterocycles. The first-order chi connectivity index (χ1) is 57.4. The van der Waals surface area contributed by atoms with Crippen molar-refractivity contribution in [3.8, 4) is 46.0 Å². The predicted molar refractivity (Wildman–Crippen MR) is 459 cm³/mol. The quantitative estimate of drug-likeness (QED) is 0.00947. The van der Waals surface area contributed by atoms with Crippen LogP contribution in [0, 0.1) is 11.8 Å². The summed E-state index contributed by atoms with van der Waals surface area (Å²) in [5.74, 6) is -7.35. The van der Waals surface area contributed by atoms with Crippen LogP contribution in [-0.4, -0.2) is 108 Å². The Morgan fingerprint density at radius 1 is 0.333 bits per heavy atom. The Bertz CT molecular complexity index is 5350. The van der Waals surface area contributed by atoms with Crippen LogP contribution in [0.25, 0.3) is 43.1 Å². The van der Waals surface area contributed by atoms with Gasteiger partial charge >= 0.3 is 23.9 Å². The molecular weight excluding hydrogens is 1570 g/mol. The third kappa shape index (κ3) is 18.4. The number of fused-ring (bicyclic) bond motifs is 2. The van der Waals surface area contributed by atoms with E-state index >= 15 is 28.8 Å². The Morgan fingerprint density at radius 2 is 0.558 bits per heavy atom. The zero-order valence-corrected chi connectivity index (χ0v) is 68.9. The van der Waals surface area contributed by atoms with Crippen LogP contribution in [0.1, 0.15) is 132 Å². The zero-order valence-electron chi connectivity index (χ0n) is 67.4. The molecule has 2 heterocycles. The molecule has 0 bridgehead atoms. The number of hydrogen-bond acceptors (Lipinski definition) is 18. The number of rotatable bonds is 34. The van der Waals surface area contributed by atoms with E-state index in [2.05, 4.69) is 36.9 Å². The van der Waals surface area contributed by atoms with Crippen molar-refractivity contribution in [3.63, 3.8) is 0 Å². The van der Waals surface area contributed by atoms with Crippen molar-refractivity contribution in [2.45, 2.75) is 106 Å². The van der Waals surface area contributed by atoms with Gasteiger partial charge in [-0.25, -0.2) is 19.2 Å². The summed E-state index contributed by atoms with van der Waals surface area (Å²) in [5.41, 5.74) is 4.01. The number of nitrogens with zero attached hydrogens (tertiary/aromatic N) is 2. The smallest absolute Gasteiger partial charge is 0.333 e. The second kappa shape index (κ2) is 36.2. The summed E-state index contributed by atoms with van der Waals surface area (Å²) in [5, 5.41) is 7.52. The molecule has 612 valence electrons. The average molecular weight is 1650 g/mol. The fraction of sp³-hybridized carbons (Fsp3) is 0.229. The van der Waals surface area contributed by atoms with Crippen LogP contribution in [0.2, 0.25) is 10.0 Å². The Labute approximate surface area is 702 Å². The Balaban J connectivity index is 1.15. The molecule has 0 aliphatic carbocycles. The van der Waals surface area contributed by atoms with Crippen LogP contribution in [0.3, 0.4) is 0 Å². The van der Waals surface area contributed by atoms with Crippen LogP contribution in [0.4, 0.5) is 11.4 Å². The summed E-state index contributed by atoms with van der Waals surface area (Å²) in [4.78, 5) is 149. The third-order valence-electron chi connectivity index (χ3n) is 20.3. The van der Waals surface area contributed by atoms with E-state index in [1.807, 2.05) is 27.7 Å². The molecule has 0 spiro atoms. The summed E-state index contributed by atoms with van der Waals surface area (Å²) in [7, 11) is 0. The molecule has 2 aliphatic rings. The number of halogens is 2. The van der Waals surface area contributed by atoms with E-state index in [9.17, 15) is 19.2 Å². The van der Waals surface area contributed by atoms with Gasteiger partial charge in [0.2, 0.25) is 11.8 Å². The molecule has 13 rings (SSSR count). The van der Waals surface area contributed by atoms with Crippen molar-refractivity contribution in [2.75, 3.05) is 37.1 Å². The molecule has 11 aromatic carbocycles. The van der Waals surface area contributed by atoms with Crippen molar-refractivity contribution in [1.82, 2.24) is 9.80 Å². The molecule has 0 fully saturated rings. The van der Waals surface area contributed by atoms with E-state index in [0.717, 1.165) is 32.1 Å². The zero-order chi connectivity index (χ0) is 85.7. The SMILES string of the molecule is C=C(C)C(=O)OCCc1ccc(Oc2cc3c4c(cc(Oc5ccc(CCOC(=O)C(=C)C)cc5)c5c6c(Oc7ccc(CCOC(=O)C(=C)C)cc7)cc7c8c(cc(Oc9ccc(CCOC(=O)C(=C)C)cc9)c(c2c45)c86)C(=O)N(C(CC(C)C)C(=O)Nc2ccc(Cl)cc2)C7=O)C(=O)N(C(CC(C)C)C(=O)Nc2ccc(Cl)cc2)C3=O)cc1. The van der Waals surface area contributed by atoms with Crippen molar-refractivity contribution in [1.29, 1.82) is 0 Å². The van der Waals surface area contributed by atoms with Crippen LogP contribution >= 0.6 is 23.2 Å². The van der Waals surface area contributed by atoms with Crippen molar-refractivity contribution in [2.24, 2.45) is 11.8 Å². The summed E-state index contributed by atoms with van der Waals surface area (Å²) in [6.07, 6.45) is 1.08. The Kier molecular flexibility index (Phi) is 25.5. The number of nitrogens with one attached hydrogen (secondary N) is 2. The van der Waals surface area contributed by atoms with Gasteiger partial charge in [0.25, 0.3) is 23.6 Å². The molecule has 6 amide bonds. The van der Waals surface area contributed by atoms with Gasteiger partial charge in [-0.05, 0) is 196 Å². The normalized spacial score (nSPS) is 12.9. The number of carbonyl (C=O) groups is 10. The van der Waals surface area contributed by atoms with E-state index in [0.29, 0.717) is 21.4 Å². The number of hydrogen-bond donors (Lipinski definition) is 2. The maximum absolute atomic E-state index is 16.6. The van der Waals surface area contributed by atoms with Crippen LogP contribution in [0.5, 0.6) is 46.0 Å². The monoisotopic (exact) mass is 1650 g/mol. The van der Waals surface area contributed by atoms with Gasteiger partial charge in [-0.15, -0.1) is 0 Å². The summed E-state index contributed by atoms with van der Waals surface area (Å²) in [6.45, 7) is 28.5. The van der Waals surface area contributed by atoms with Gasteiger partial charge in [0.15, 0.2) is 0 Å². The largest absolute Gasteiger partial charge is 0.462 e. The lowest BCUT2D eigenvalue weighted by Gasteiger charge is -2.36. The standard InChI is InChI=1S/C96H86Cl2N4O18/c1-51(2)45-73(87(103)99-63-25-21-61(97)22-26-63)101-89(105)69-47-75(117-65-29-13-57(14-30-65)37-41-113-93(109)53(5)6)81-83-77(119-67-33-17-59(18-34-67)39-43-115-95(111)55(9)10)49-71-80-72(92(108)102(91(71)107)74(46-52(3)4)88(104)100-64-27-23-62(98)24-28-64)50-78(120-68-35-19-60(20-36-68)40-44-116-96(112)56(11)12)84(86(80)83)82-76(48-70(90(101)106)79(69)85(81)82)118-66-31-15-58(16-32-66)38-42-114-94(110)54(7)8/h13-36,47-52,73-74H,5,7,9,11,37-46H2,1-4,6,8,10,12H3,(H,99,103)(H,100,104). The van der Waals surface area contributed by atoms with Crippen molar-refractivity contribution in [3.05, 3.63) is 273 Å². The molecule has 2 N–H and O–H groups in total. The molecular formula is C96H86Cl2N4O18. The molecule has 0 radical (unpaired) electrons. The third-order valence-corrected chi connectivity index (χ3v) is 20.8. The second-order valence-electron chi connectivity index (χ2n) is 30.6. The van der Waals surface area contributed by atoms with Gasteiger partial charge < -0.3 is 48.5 Å². The van der Waals surface area contributed by atoms with E-state index < -0.39 is 71.4 Å². The first-order valence-electron chi connectivity index (χ1n) is 39.0. The lowest BCUT2D eigenvalue weighted by atomic mass is 9.80. The number of anilines is 2. The summed E-state index contributed by atoms with van der Waals surface area (Å²) in [6, 6.07) is 43.2. The lowest BCUT2D eigenvalue weighted by molar-refractivity contribution is -0.139. The minimum Gasteiger partial charge on any atom is -0.462 e. The molecule has 0 saturated heterocycles. The average Bonchev–Trinajstić information content (AvgIpc) is 0.669. The minimum absolute atomic E-state index is 0.0108.